The van der Waals surface area contributed by atoms with Gasteiger partial charge in [0, 0.05) is 31.4 Å². The van der Waals surface area contributed by atoms with E-state index >= 15 is 8.78 Å². The van der Waals surface area contributed by atoms with Gasteiger partial charge in [0.25, 0.3) is 5.91 Å². The molecule has 6 rings (SSSR count). The highest BCUT2D eigenvalue weighted by Crippen LogP contribution is 2.53. The first-order valence-electron chi connectivity index (χ1n) is 12.9. The molecule has 3 aromatic rings. The highest BCUT2D eigenvalue weighted by Gasteiger charge is 2.48. The van der Waals surface area contributed by atoms with Gasteiger partial charge in [0.2, 0.25) is 0 Å². The van der Waals surface area contributed by atoms with Crippen molar-refractivity contribution in [2.75, 3.05) is 18.0 Å². The third-order valence-corrected chi connectivity index (χ3v) is 8.46. The maximum atomic E-state index is 15.8. The Kier molecular flexibility index (Phi) is 5.87. The maximum absolute atomic E-state index is 15.8. The Hall–Kier alpha value is -3.34. The molecule has 1 amide bonds. The Morgan fingerprint density at radius 3 is 2.51 bits per heavy atom. The van der Waals surface area contributed by atoms with Crippen LogP contribution >= 0.6 is 0 Å². The number of hydrogen-bond donors (Lipinski definition) is 0. The van der Waals surface area contributed by atoms with Gasteiger partial charge in [0.1, 0.15) is 6.33 Å². The first-order valence-corrected chi connectivity index (χ1v) is 12.9. The first kappa shape index (κ1) is 25.9. The number of aromatic nitrogens is 3. The van der Waals surface area contributed by atoms with Crippen molar-refractivity contribution in [2.24, 2.45) is 12.5 Å². The van der Waals surface area contributed by atoms with Gasteiger partial charge in [-0.1, -0.05) is 12.1 Å². The molecular weight excluding hydrogens is 517 g/mol. The Morgan fingerprint density at radius 2 is 1.87 bits per heavy atom. The number of carbonyl (C=O) groups is 1. The van der Waals surface area contributed by atoms with E-state index in [1.807, 2.05) is 0 Å². The van der Waals surface area contributed by atoms with Crippen molar-refractivity contribution in [3.63, 3.8) is 0 Å². The van der Waals surface area contributed by atoms with E-state index in [-0.39, 0.29) is 34.7 Å². The summed E-state index contributed by atoms with van der Waals surface area (Å²) in [6, 6.07) is 8.35. The summed E-state index contributed by atoms with van der Waals surface area (Å²) in [7, 11) is 1.49. The first-order chi connectivity index (χ1) is 18.4. The van der Waals surface area contributed by atoms with Gasteiger partial charge in [-0.2, -0.15) is 13.2 Å². The van der Waals surface area contributed by atoms with E-state index in [9.17, 15) is 18.0 Å². The summed E-state index contributed by atoms with van der Waals surface area (Å²) in [5.74, 6) is -0.803. The molecule has 0 bridgehead atoms. The van der Waals surface area contributed by atoms with Gasteiger partial charge < -0.3 is 9.47 Å². The largest absolute Gasteiger partial charge is 0.416 e. The molecule has 0 unspecified atom stereocenters. The number of likely N-dealkylation sites (tertiary alicyclic amines) is 1. The number of halogens is 5. The van der Waals surface area contributed by atoms with E-state index in [0.717, 1.165) is 45.3 Å². The molecule has 1 saturated heterocycles. The van der Waals surface area contributed by atoms with E-state index in [0.29, 0.717) is 17.5 Å². The molecule has 0 radical (unpaired) electrons. The molecule has 1 aliphatic carbocycles. The molecule has 3 aliphatic rings. The van der Waals surface area contributed by atoms with Crippen LogP contribution in [0.2, 0.25) is 0 Å². The van der Waals surface area contributed by atoms with Gasteiger partial charge in [0.05, 0.1) is 12.1 Å². The molecule has 2 aliphatic heterocycles. The number of aryl methyl sites for hydroxylation is 1. The van der Waals surface area contributed by atoms with Crippen molar-refractivity contribution < 1.29 is 26.7 Å². The van der Waals surface area contributed by atoms with E-state index < -0.39 is 29.5 Å². The topological polar surface area (TPSA) is 54.3 Å². The number of alkyl halides is 5. The van der Waals surface area contributed by atoms with Gasteiger partial charge in [-0.3, -0.25) is 9.69 Å². The zero-order chi connectivity index (χ0) is 27.7. The number of anilines is 1. The third-order valence-electron chi connectivity index (χ3n) is 8.46. The summed E-state index contributed by atoms with van der Waals surface area (Å²) in [4.78, 5) is 16.8. The average molecular weight is 546 g/mol. The molecular formula is C28H28F5N5O. The van der Waals surface area contributed by atoms with Gasteiger partial charge in [0.15, 0.2) is 17.7 Å². The lowest BCUT2D eigenvalue weighted by Crippen LogP contribution is -2.27. The lowest BCUT2D eigenvalue weighted by molar-refractivity contribution is -0.138. The van der Waals surface area contributed by atoms with Gasteiger partial charge in [-0.25, -0.2) is 8.78 Å². The molecule has 2 fully saturated rings. The quantitative estimate of drug-likeness (QED) is 0.364. The van der Waals surface area contributed by atoms with Crippen molar-refractivity contribution in [3.8, 4) is 0 Å². The molecule has 11 heteroatoms. The van der Waals surface area contributed by atoms with Crippen LogP contribution in [0.1, 0.15) is 70.8 Å². The number of amides is 1. The van der Waals surface area contributed by atoms with E-state index in [2.05, 4.69) is 15.1 Å². The number of rotatable bonds is 6. The molecule has 0 N–H and O–H groups in total. The van der Waals surface area contributed by atoms with Crippen molar-refractivity contribution in [1.29, 1.82) is 0 Å². The van der Waals surface area contributed by atoms with Crippen molar-refractivity contribution in [3.05, 3.63) is 76.4 Å². The SMILES string of the molecule is Cn1cnnc1[C@@H](F)[C@](C)(F)c1cccc(N2Cc3c(cc(CN4CCC5(CC5)C4)cc3C(F)(F)F)C2=O)c1. The molecule has 1 aromatic heterocycles. The fourth-order valence-corrected chi connectivity index (χ4v) is 5.92. The second kappa shape index (κ2) is 8.84. The molecule has 206 valence electrons. The second-order valence-electron chi connectivity index (χ2n) is 11.3. The summed E-state index contributed by atoms with van der Waals surface area (Å²) in [5, 5.41) is 7.26. The van der Waals surface area contributed by atoms with Crippen LogP contribution in [-0.4, -0.2) is 38.7 Å². The Bertz CT molecular complexity index is 1440. The minimum atomic E-state index is -4.64. The van der Waals surface area contributed by atoms with Crippen molar-refractivity contribution >= 4 is 11.6 Å². The Labute approximate surface area is 222 Å². The minimum Gasteiger partial charge on any atom is -0.318 e. The smallest absolute Gasteiger partial charge is 0.318 e. The van der Waals surface area contributed by atoms with E-state index in [4.69, 9.17) is 0 Å². The average Bonchev–Trinajstić information content (AvgIpc) is 3.16. The van der Waals surface area contributed by atoms with Crippen molar-refractivity contribution in [2.45, 2.75) is 57.3 Å². The van der Waals surface area contributed by atoms with Crippen LogP contribution < -0.4 is 4.90 Å². The number of carbonyl (C=O) groups excluding carboxylic acids is 1. The zero-order valence-corrected chi connectivity index (χ0v) is 21.6. The summed E-state index contributed by atoms with van der Waals surface area (Å²) >= 11 is 0. The normalized spacial score (nSPS) is 20.9. The van der Waals surface area contributed by atoms with Crippen LogP contribution in [0.5, 0.6) is 0 Å². The molecule has 6 nitrogen and oxygen atoms in total. The summed E-state index contributed by atoms with van der Waals surface area (Å²) in [5.41, 5.74) is -2.58. The van der Waals surface area contributed by atoms with Crippen LogP contribution in [0.25, 0.3) is 0 Å². The van der Waals surface area contributed by atoms with Crippen LogP contribution in [-0.2, 0) is 32.0 Å². The lowest BCUT2D eigenvalue weighted by Gasteiger charge is -2.26. The van der Waals surface area contributed by atoms with Gasteiger partial charge in [-0.15, -0.1) is 10.2 Å². The summed E-state index contributed by atoms with van der Waals surface area (Å²) < 4.78 is 74.8. The molecule has 2 atom stereocenters. The summed E-state index contributed by atoms with van der Waals surface area (Å²) in [6.45, 7) is 2.79. The number of fused-ring (bicyclic) bond motifs is 1. The highest BCUT2D eigenvalue weighted by molar-refractivity contribution is 6.10. The number of benzene rings is 2. The Morgan fingerprint density at radius 1 is 1.10 bits per heavy atom. The predicted molar refractivity (Wildman–Crippen MR) is 133 cm³/mol. The highest BCUT2D eigenvalue weighted by atomic mass is 19.4. The fraction of sp³-hybridized carbons (Fsp3) is 0.464. The van der Waals surface area contributed by atoms with Crippen LogP contribution in [0.15, 0.2) is 42.7 Å². The Balaban J connectivity index is 1.31. The zero-order valence-electron chi connectivity index (χ0n) is 21.6. The van der Waals surface area contributed by atoms with Crippen LogP contribution in [0.3, 0.4) is 0 Å². The van der Waals surface area contributed by atoms with Gasteiger partial charge >= 0.3 is 6.18 Å². The molecule has 1 spiro atoms. The third kappa shape index (κ3) is 4.50. The molecule has 2 aromatic carbocycles. The van der Waals surface area contributed by atoms with Crippen LogP contribution in [0.4, 0.5) is 27.6 Å². The van der Waals surface area contributed by atoms with Crippen molar-refractivity contribution in [1.82, 2.24) is 19.7 Å². The fourth-order valence-electron chi connectivity index (χ4n) is 5.92. The standard InChI is InChI=1S/C28H28F5N5O/c1-26(30,23(29)24-35-34-16-36(24)2)18-4-3-5-19(12-18)38-14-21-20(25(38)39)10-17(11-22(21)28(31,32)33)13-37-9-8-27(15-37)6-7-27/h3-5,10-12,16,23H,6-9,13-15H2,1-2H3/t23-,26-/m1/s1. The molecule has 39 heavy (non-hydrogen) atoms. The number of nitrogens with zero attached hydrogens (tertiary/aromatic N) is 5. The second-order valence-corrected chi connectivity index (χ2v) is 11.3. The predicted octanol–water partition coefficient (Wildman–Crippen LogP) is 5.88. The molecule has 1 saturated carbocycles. The van der Waals surface area contributed by atoms with E-state index in [1.54, 1.807) is 6.07 Å². The van der Waals surface area contributed by atoms with E-state index in [1.165, 1.54) is 47.1 Å². The number of hydrogen-bond acceptors (Lipinski definition) is 4. The monoisotopic (exact) mass is 545 g/mol. The van der Waals surface area contributed by atoms with Crippen LogP contribution in [0, 0.1) is 5.41 Å². The lowest BCUT2D eigenvalue weighted by atomic mass is 9.92. The maximum Gasteiger partial charge on any atom is 0.416 e. The molecule has 3 heterocycles. The van der Waals surface area contributed by atoms with Gasteiger partial charge in [-0.05, 0) is 79.1 Å². The summed E-state index contributed by atoms with van der Waals surface area (Å²) in [6.07, 6.45) is -2.17. The minimum absolute atomic E-state index is 0.00368.